The first-order valence-electron chi connectivity index (χ1n) is 9.56. The molecule has 1 saturated heterocycles. The highest BCUT2D eigenvalue weighted by atomic mass is 19.4. The van der Waals surface area contributed by atoms with Gasteiger partial charge in [-0.25, -0.2) is 4.79 Å². The van der Waals surface area contributed by atoms with E-state index >= 15 is 0 Å². The van der Waals surface area contributed by atoms with Crippen LogP contribution in [0.2, 0.25) is 0 Å². The molecule has 0 saturated carbocycles. The topological polar surface area (TPSA) is 54.0 Å². The van der Waals surface area contributed by atoms with Gasteiger partial charge in [-0.3, -0.25) is 0 Å². The molecule has 0 aromatic heterocycles. The third-order valence-corrected chi connectivity index (χ3v) is 4.71. The van der Waals surface area contributed by atoms with Crippen molar-refractivity contribution in [2.24, 2.45) is 0 Å². The molecule has 2 aromatic rings. The van der Waals surface area contributed by atoms with Crippen LogP contribution in [0.15, 0.2) is 48.5 Å². The second-order valence-corrected chi connectivity index (χ2v) is 6.94. The molecule has 0 unspecified atom stereocenters. The number of amides is 2. The van der Waals surface area contributed by atoms with Gasteiger partial charge in [-0.15, -0.1) is 13.2 Å². The molecule has 0 aliphatic carbocycles. The number of hydrogen-bond donors (Lipinski definition) is 1. The lowest BCUT2D eigenvalue weighted by atomic mass is 10.2. The van der Waals surface area contributed by atoms with Crippen molar-refractivity contribution in [3.63, 3.8) is 0 Å². The number of alkyl halides is 3. The van der Waals surface area contributed by atoms with Crippen LogP contribution in [-0.4, -0.2) is 50.6 Å². The number of ether oxygens (including phenoxy) is 2. The SMILES string of the molecule is CN(Cc1ccc(N2CCOCC2)cc1)C(=O)NCc1ccccc1OC(F)(F)F. The first-order chi connectivity index (χ1) is 14.3. The number of nitrogens with one attached hydrogen (secondary N) is 1. The largest absolute Gasteiger partial charge is 0.573 e. The normalized spacial score (nSPS) is 14.3. The molecule has 1 fully saturated rings. The van der Waals surface area contributed by atoms with Gasteiger partial charge in [0.1, 0.15) is 5.75 Å². The smallest absolute Gasteiger partial charge is 0.405 e. The molecular formula is C21H24F3N3O3. The van der Waals surface area contributed by atoms with E-state index in [1.807, 2.05) is 24.3 Å². The van der Waals surface area contributed by atoms with Gasteiger partial charge in [0.25, 0.3) is 0 Å². The number of benzene rings is 2. The molecule has 9 heteroatoms. The van der Waals surface area contributed by atoms with E-state index < -0.39 is 12.4 Å². The summed E-state index contributed by atoms with van der Waals surface area (Å²) in [4.78, 5) is 16.1. The van der Waals surface area contributed by atoms with Gasteiger partial charge in [0, 0.05) is 44.5 Å². The first-order valence-corrected chi connectivity index (χ1v) is 9.56. The summed E-state index contributed by atoms with van der Waals surface area (Å²) >= 11 is 0. The van der Waals surface area contributed by atoms with Gasteiger partial charge >= 0.3 is 12.4 Å². The summed E-state index contributed by atoms with van der Waals surface area (Å²) in [6.07, 6.45) is -4.79. The van der Waals surface area contributed by atoms with Gasteiger partial charge in [0.05, 0.1) is 13.2 Å². The molecule has 0 atom stereocenters. The summed E-state index contributed by atoms with van der Waals surface area (Å²) in [7, 11) is 1.63. The fourth-order valence-electron chi connectivity index (χ4n) is 3.16. The van der Waals surface area contributed by atoms with Crippen LogP contribution in [-0.2, 0) is 17.8 Å². The van der Waals surface area contributed by atoms with Crippen LogP contribution in [0.5, 0.6) is 5.75 Å². The Morgan fingerprint density at radius 3 is 2.47 bits per heavy atom. The van der Waals surface area contributed by atoms with E-state index in [0.717, 1.165) is 24.3 Å². The Morgan fingerprint density at radius 1 is 1.13 bits per heavy atom. The van der Waals surface area contributed by atoms with Crippen molar-refractivity contribution in [1.29, 1.82) is 0 Å². The molecule has 1 N–H and O–H groups in total. The Kier molecular flexibility index (Phi) is 7.04. The average Bonchev–Trinajstić information content (AvgIpc) is 2.73. The third-order valence-electron chi connectivity index (χ3n) is 4.71. The van der Waals surface area contributed by atoms with Gasteiger partial charge in [-0.1, -0.05) is 30.3 Å². The van der Waals surface area contributed by atoms with E-state index in [1.54, 1.807) is 13.1 Å². The van der Waals surface area contributed by atoms with Crippen molar-refractivity contribution in [2.45, 2.75) is 19.5 Å². The van der Waals surface area contributed by atoms with Crippen molar-refractivity contribution in [2.75, 3.05) is 38.3 Å². The molecule has 2 amide bonds. The number of carbonyl (C=O) groups is 1. The molecule has 1 heterocycles. The number of anilines is 1. The number of halogens is 3. The highest BCUT2D eigenvalue weighted by Gasteiger charge is 2.32. The molecule has 3 rings (SSSR count). The summed E-state index contributed by atoms with van der Waals surface area (Å²) in [6, 6.07) is 13.3. The molecule has 0 bridgehead atoms. The Bertz CT molecular complexity index is 837. The van der Waals surface area contributed by atoms with E-state index in [-0.39, 0.29) is 17.9 Å². The molecular weight excluding hydrogens is 399 g/mol. The number of hydrogen-bond acceptors (Lipinski definition) is 4. The highest BCUT2D eigenvalue weighted by molar-refractivity contribution is 5.74. The minimum Gasteiger partial charge on any atom is -0.405 e. The van der Waals surface area contributed by atoms with Crippen LogP contribution in [0.4, 0.5) is 23.7 Å². The lowest BCUT2D eigenvalue weighted by Crippen LogP contribution is -2.37. The maximum absolute atomic E-state index is 12.5. The van der Waals surface area contributed by atoms with Crippen LogP contribution >= 0.6 is 0 Å². The monoisotopic (exact) mass is 423 g/mol. The minimum absolute atomic E-state index is 0.0780. The van der Waals surface area contributed by atoms with Crippen molar-refractivity contribution < 1.29 is 27.4 Å². The quantitative estimate of drug-likeness (QED) is 0.769. The highest BCUT2D eigenvalue weighted by Crippen LogP contribution is 2.26. The van der Waals surface area contributed by atoms with Crippen molar-refractivity contribution in [3.05, 3.63) is 59.7 Å². The number of para-hydroxylation sites is 1. The van der Waals surface area contributed by atoms with Crippen LogP contribution in [0.3, 0.4) is 0 Å². The second kappa shape index (κ2) is 9.71. The Hall–Kier alpha value is -2.94. The van der Waals surface area contributed by atoms with Gasteiger partial charge in [-0.05, 0) is 23.8 Å². The summed E-state index contributed by atoms with van der Waals surface area (Å²) in [5, 5.41) is 2.63. The third kappa shape index (κ3) is 6.28. The van der Waals surface area contributed by atoms with E-state index in [0.29, 0.717) is 19.8 Å². The Morgan fingerprint density at radius 2 is 1.80 bits per heavy atom. The van der Waals surface area contributed by atoms with E-state index in [4.69, 9.17) is 4.74 Å². The molecule has 6 nitrogen and oxygen atoms in total. The molecule has 30 heavy (non-hydrogen) atoms. The van der Waals surface area contributed by atoms with Gasteiger partial charge in [0.15, 0.2) is 0 Å². The molecule has 1 aliphatic heterocycles. The van der Waals surface area contributed by atoms with Crippen LogP contribution in [0.25, 0.3) is 0 Å². The maximum Gasteiger partial charge on any atom is 0.573 e. The van der Waals surface area contributed by atoms with Crippen molar-refractivity contribution in [3.8, 4) is 5.75 Å². The summed E-state index contributed by atoms with van der Waals surface area (Å²) in [6.45, 7) is 3.41. The fourth-order valence-corrected chi connectivity index (χ4v) is 3.16. The molecule has 2 aromatic carbocycles. The summed E-state index contributed by atoms with van der Waals surface area (Å²) < 4.78 is 46.9. The predicted octanol–water partition coefficient (Wildman–Crippen LogP) is 3.76. The first kappa shape index (κ1) is 21.8. The lowest BCUT2D eigenvalue weighted by molar-refractivity contribution is -0.274. The van der Waals surface area contributed by atoms with Gasteiger partial charge < -0.3 is 24.6 Å². The van der Waals surface area contributed by atoms with Crippen molar-refractivity contribution >= 4 is 11.7 Å². The maximum atomic E-state index is 12.5. The average molecular weight is 423 g/mol. The summed E-state index contributed by atoms with van der Waals surface area (Å²) in [5.41, 5.74) is 2.30. The summed E-state index contributed by atoms with van der Waals surface area (Å²) in [5.74, 6) is -0.327. The lowest BCUT2D eigenvalue weighted by Gasteiger charge is -2.29. The molecule has 162 valence electrons. The van der Waals surface area contributed by atoms with E-state index in [9.17, 15) is 18.0 Å². The van der Waals surface area contributed by atoms with Gasteiger partial charge in [-0.2, -0.15) is 0 Å². The number of nitrogens with zero attached hydrogens (tertiary/aromatic N) is 2. The van der Waals surface area contributed by atoms with E-state index in [2.05, 4.69) is 15.0 Å². The van der Waals surface area contributed by atoms with Crippen LogP contribution in [0.1, 0.15) is 11.1 Å². The zero-order valence-electron chi connectivity index (χ0n) is 16.6. The second-order valence-electron chi connectivity index (χ2n) is 6.94. The zero-order chi connectivity index (χ0) is 21.6. The number of urea groups is 1. The number of rotatable bonds is 6. The van der Waals surface area contributed by atoms with Crippen LogP contribution in [0, 0.1) is 0 Å². The van der Waals surface area contributed by atoms with Crippen LogP contribution < -0.4 is 15.0 Å². The molecule has 0 radical (unpaired) electrons. The molecule has 0 spiro atoms. The van der Waals surface area contributed by atoms with Crippen molar-refractivity contribution in [1.82, 2.24) is 10.2 Å². The van der Waals surface area contributed by atoms with Gasteiger partial charge in [0.2, 0.25) is 0 Å². The minimum atomic E-state index is -4.79. The number of morpholine rings is 1. The Balaban J connectivity index is 1.53. The Labute approximate surface area is 173 Å². The number of carbonyl (C=O) groups excluding carboxylic acids is 1. The fraction of sp³-hybridized carbons (Fsp3) is 0.381. The van der Waals surface area contributed by atoms with E-state index in [1.165, 1.54) is 23.1 Å². The predicted molar refractivity (Wildman–Crippen MR) is 106 cm³/mol. The molecule has 1 aliphatic rings. The zero-order valence-corrected chi connectivity index (χ0v) is 16.6. The standard InChI is InChI=1S/C21H24F3N3O3/c1-26(15-16-6-8-18(9-7-16)27-10-12-29-13-11-27)20(28)25-14-17-4-2-3-5-19(17)30-21(22,23)24/h2-9H,10-15H2,1H3,(H,25,28).